The van der Waals surface area contributed by atoms with Crippen molar-refractivity contribution in [3.05, 3.63) is 68.0 Å². The summed E-state index contributed by atoms with van der Waals surface area (Å²) in [4.78, 5) is 21.2. The van der Waals surface area contributed by atoms with Crippen LogP contribution in [0, 0.1) is 12.8 Å². The van der Waals surface area contributed by atoms with E-state index in [1.54, 1.807) is 21.8 Å². The van der Waals surface area contributed by atoms with Gasteiger partial charge in [0, 0.05) is 41.8 Å². The Balaban J connectivity index is 1.84. The van der Waals surface area contributed by atoms with Gasteiger partial charge in [0.05, 0.1) is 5.69 Å². The summed E-state index contributed by atoms with van der Waals surface area (Å²) >= 11 is 7.52. The van der Waals surface area contributed by atoms with Gasteiger partial charge < -0.3 is 0 Å². The van der Waals surface area contributed by atoms with Crippen molar-refractivity contribution in [3.8, 4) is 0 Å². The van der Waals surface area contributed by atoms with Crippen LogP contribution in [-0.2, 0) is 13.1 Å². The minimum atomic E-state index is -0.0136. The second kappa shape index (κ2) is 7.68. The van der Waals surface area contributed by atoms with Gasteiger partial charge in [0.1, 0.15) is 0 Å². The first-order chi connectivity index (χ1) is 11.9. The van der Waals surface area contributed by atoms with Crippen molar-refractivity contribution in [3.63, 3.8) is 0 Å². The van der Waals surface area contributed by atoms with Gasteiger partial charge in [-0.25, -0.2) is 4.98 Å². The molecule has 0 unspecified atom stereocenters. The number of aromatic nitrogens is 2. The minimum absolute atomic E-state index is 0.0136. The zero-order chi connectivity index (χ0) is 18.0. The van der Waals surface area contributed by atoms with Crippen LogP contribution in [0.4, 0.5) is 0 Å². The second-order valence-corrected chi connectivity index (χ2v) is 8.42. The van der Waals surface area contributed by atoms with Gasteiger partial charge >= 0.3 is 0 Å². The van der Waals surface area contributed by atoms with Crippen LogP contribution >= 0.6 is 22.9 Å². The highest BCUT2D eigenvalue weighted by atomic mass is 35.5. The first-order valence-electron chi connectivity index (χ1n) is 8.36. The molecule has 0 fully saturated rings. The largest absolute Gasteiger partial charge is 0.293 e. The summed E-state index contributed by atoms with van der Waals surface area (Å²) in [7, 11) is 0. The number of benzene rings is 1. The lowest BCUT2D eigenvalue weighted by Gasteiger charge is -2.24. The first-order valence-corrected chi connectivity index (χ1v) is 9.55. The van der Waals surface area contributed by atoms with Crippen LogP contribution < -0.4 is 5.56 Å². The molecule has 3 rings (SSSR count). The Morgan fingerprint density at radius 3 is 2.64 bits per heavy atom. The van der Waals surface area contributed by atoms with Crippen LogP contribution in [0.5, 0.6) is 0 Å². The molecule has 0 amide bonds. The maximum absolute atomic E-state index is 12.3. The maximum Gasteiger partial charge on any atom is 0.258 e. The molecule has 2 aromatic heterocycles. The highest BCUT2D eigenvalue weighted by Crippen LogP contribution is 2.16. The maximum atomic E-state index is 12.3. The van der Waals surface area contributed by atoms with E-state index in [4.69, 9.17) is 11.6 Å². The van der Waals surface area contributed by atoms with Gasteiger partial charge in [0.15, 0.2) is 4.96 Å². The van der Waals surface area contributed by atoms with Crippen molar-refractivity contribution in [2.45, 2.75) is 33.9 Å². The van der Waals surface area contributed by atoms with Gasteiger partial charge in [-0.05, 0) is 30.5 Å². The van der Waals surface area contributed by atoms with Gasteiger partial charge in [-0.2, -0.15) is 0 Å². The Hall–Kier alpha value is -1.69. The van der Waals surface area contributed by atoms with E-state index < -0.39 is 0 Å². The molecule has 0 saturated heterocycles. The van der Waals surface area contributed by atoms with Gasteiger partial charge in [0.25, 0.3) is 5.56 Å². The fourth-order valence-corrected chi connectivity index (χ4v) is 3.89. The molecule has 0 aliphatic rings. The second-order valence-electron chi connectivity index (χ2n) is 6.77. The van der Waals surface area contributed by atoms with E-state index in [0.29, 0.717) is 12.5 Å². The molecule has 0 radical (unpaired) electrons. The Morgan fingerprint density at radius 1 is 1.24 bits per heavy atom. The molecule has 0 N–H and O–H groups in total. The first kappa shape index (κ1) is 18.1. The topological polar surface area (TPSA) is 37.6 Å². The normalized spacial score (nSPS) is 11.8. The fraction of sp³-hybridized carbons (Fsp3) is 0.368. The number of rotatable bonds is 6. The molecule has 0 atom stereocenters. The van der Waals surface area contributed by atoms with Crippen molar-refractivity contribution in [1.29, 1.82) is 0 Å². The standard InChI is InChI=1S/C19H22ClN3OS/c1-13(2)9-22(11-15-4-6-16(20)7-5-15)12-17-8-18(24)23-10-14(3)25-19(23)21-17/h4-8,10,13H,9,11-12H2,1-3H3. The molecule has 6 heteroatoms. The molecule has 2 heterocycles. The van der Waals surface area contributed by atoms with E-state index in [-0.39, 0.29) is 5.56 Å². The zero-order valence-corrected chi connectivity index (χ0v) is 16.3. The monoisotopic (exact) mass is 375 g/mol. The molecular formula is C19H22ClN3OS. The molecule has 0 aliphatic heterocycles. The summed E-state index contributed by atoms with van der Waals surface area (Å²) in [5, 5.41) is 0.743. The number of thiazole rings is 1. The predicted molar refractivity (Wildman–Crippen MR) is 104 cm³/mol. The molecule has 0 spiro atoms. The Kier molecular flexibility index (Phi) is 5.57. The van der Waals surface area contributed by atoms with E-state index >= 15 is 0 Å². The summed E-state index contributed by atoms with van der Waals surface area (Å²) in [6.07, 6.45) is 1.85. The lowest BCUT2D eigenvalue weighted by atomic mass is 10.1. The van der Waals surface area contributed by atoms with Crippen LogP contribution in [-0.4, -0.2) is 20.8 Å². The predicted octanol–water partition coefficient (Wildman–Crippen LogP) is 4.38. The number of hydrogen-bond donors (Lipinski definition) is 0. The van der Waals surface area contributed by atoms with Crippen LogP contribution in [0.1, 0.15) is 30.0 Å². The molecule has 0 saturated carbocycles. The Morgan fingerprint density at radius 2 is 1.96 bits per heavy atom. The summed E-state index contributed by atoms with van der Waals surface area (Å²) < 4.78 is 1.62. The molecule has 4 nitrogen and oxygen atoms in total. The van der Waals surface area contributed by atoms with Crippen molar-refractivity contribution < 1.29 is 0 Å². The molecule has 132 valence electrons. The Bertz CT molecular complexity index is 915. The number of aryl methyl sites for hydroxylation is 1. The van der Waals surface area contributed by atoms with Gasteiger partial charge in [0.2, 0.25) is 0 Å². The average molecular weight is 376 g/mol. The van der Waals surface area contributed by atoms with Gasteiger partial charge in [-0.3, -0.25) is 14.1 Å². The molecule has 0 bridgehead atoms. The lowest BCUT2D eigenvalue weighted by molar-refractivity contribution is 0.225. The summed E-state index contributed by atoms with van der Waals surface area (Å²) in [5.74, 6) is 0.529. The molecule has 1 aromatic carbocycles. The molecule has 25 heavy (non-hydrogen) atoms. The van der Waals surface area contributed by atoms with Crippen LogP contribution in [0.15, 0.2) is 41.3 Å². The average Bonchev–Trinajstić information content (AvgIpc) is 2.90. The smallest absolute Gasteiger partial charge is 0.258 e. The van der Waals surface area contributed by atoms with E-state index in [2.05, 4.69) is 23.7 Å². The molecule has 3 aromatic rings. The van der Waals surface area contributed by atoms with Gasteiger partial charge in [-0.15, -0.1) is 11.3 Å². The lowest BCUT2D eigenvalue weighted by Crippen LogP contribution is -2.28. The van der Waals surface area contributed by atoms with Crippen molar-refractivity contribution in [1.82, 2.24) is 14.3 Å². The molecule has 0 aliphatic carbocycles. The number of fused-ring (bicyclic) bond motifs is 1. The fourth-order valence-electron chi connectivity index (χ4n) is 2.92. The van der Waals surface area contributed by atoms with Crippen LogP contribution in [0.2, 0.25) is 5.02 Å². The highest BCUT2D eigenvalue weighted by molar-refractivity contribution is 7.16. The van der Waals surface area contributed by atoms with E-state index in [9.17, 15) is 4.79 Å². The quantitative estimate of drug-likeness (QED) is 0.641. The van der Waals surface area contributed by atoms with E-state index in [1.807, 2.05) is 37.4 Å². The Labute approximate surface area is 156 Å². The third-order valence-corrected chi connectivity index (χ3v) is 5.01. The third kappa shape index (κ3) is 4.69. The molecular weight excluding hydrogens is 354 g/mol. The number of halogens is 1. The van der Waals surface area contributed by atoms with Crippen molar-refractivity contribution in [2.24, 2.45) is 5.92 Å². The van der Waals surface area contributed by atoms with E-state index in [0.717, 1.165) is 33.6 Å². The highest BCUT2D eigenvalue weighted by Gasteiger charge is 2.12. The third-order valence-electron chi connectivity index (χ3n) is 3.86. The summed E-state index contributed by atoms with van der Waals surface area (Å²) in [6, 6.07) is 9.56. The van der Waals surface area contributed by atoms with Gasteiger partial charge in [-0.1, -0.05) is 37.6 Å². The number of nitrogens with zero attached hydrogens (tertiary/aromatic N) is 3. The SMILES string of the molecule is Cc1cn2c(=O)cc(CN(Cc3ccc(Cl)cc3)CC(C)C)nc2s1. The van der Waals surface area contributed by atoms with Crippen LogP contribution in [0.25, 0.3) is 4.96 Å². The summed E-state index contributed by atoms with van der Waals surface area (Å²) in [5.41, 5.74) is 2.01. The summed E-state index contributed by atoms with van der Waals surface area (Å²) in [6.45, 7) is 8.78. The van der Waals surface area contributed by atoms with Crippen LogP contribution in [0.3, 0.4) is 0 Å². The minimum Gasteiger partial charge on any atom is -0.293 e. The number of hydrogen-bond acceptors (Lipinski definition) is 4. The van der Waals surface area contributed by atoms with E-state index in [1.165, 1.54) is 5.56 Å². The zero-order valence-electron chi connectivity index (χ0n) is 14.7. The van der Waals surface area contributed by atoms with Crippen molar-refractivity contribution in [2.75, 3.05) is 6.54 Å². The van der Waals surface area contributed by atoms with Crippen molar-refractivity contribution >= 4 is 27.9 Å².